The van der Waals surface area contributed by atoms with E-state index in [9.17, 15) is 14.4 Å². The third-order valence-corrected chi connectivity index (χ3v) is 4.58. The van der Waals surface area contributed by atoms with Gasteiger partial charge in [-0.3, -0.25) is 9.59 Å². The SMILES string of the molecule is CCOc1ccccc1N1C[C@H](C(=O)N2CCO[C@@H](C(=O)O)C2)CC1=O. The number of ether oxygens (including phenoxy) is 2. The number of para-hydroxylation sites is 2. The van der Waals surface area contributed by atoms with Crippen molar-refractivity contribution in [1.29, 1.82) is 0 Å². The fourth-order valence-corrected chi connectivity index (χ4v) is 3.32. The van der Waals surface area contributed by atoms with Crippen molar-refractivity contribution in [2.24, 2.45) is 5.92 Å². The Morgan fingerprint density at radius 3 is 2.81 bits per heavy atom. The first-order valence-electron chi connectivity index (χ1n) is 8.66. The van der Waals surface area contributed by atoms with Crippen molar-refractivity contribution < 1.29 is 29.0 Å². The van der Waals surface area contributed by atoms with Crippen LogP contribution in [0.4, 0.5) is 5.69 Å². The molecule has 0 spiro atoms. The normalized spacial score (nSPS) is 23.2. The number of amides is 2. The van der Waals surface area contributed by atoms with Gasteiger partial charge in [0.1, 0.15) is 5.75 Å². The lowest BCUT2D eigenvalue weighted by Gasteiger charge is -2.32. The van der Waals surface area contributed by atoms with Crippen LogP contribution < -0.4 is 9.64 Å². The van der Waals surface area contributed by atoms with Gasteiger partial charge in [0.05, 0.1) is 31.4 Å². The Morgan fingerprint density at radius 1 is 1.31 bits per heavy atom. The van der Waals surface area contributed by atoms with Crippen LogP contribution in [0.1, 0.15) is 13.3 Å². The number of nitrogens with zero attached hydrogens (tertiary/aromatic N) is 2. The summed E-state index contributed by atoms with van der Waals surface area (Å²) in [6.07, 6.45) is -0.909. The first-order valence-corrected chi connectivity index (χ1v) is 8.66. The molecule has 140 valence electrons. The van der Waals surface area contributed by atoms with E-state index in [1.54, 1.807) is 17.0 Å². The number of hydrogen-bond acceptors (Lipinski definition) is 5. The number of carboxylic acids is 1. The van der Waals surface area contributed by atoms with Crippen molar-refractivity contribution in [2.45, 2.75) is 19.4 Å². The minimum Gasteiger partial charge on any atom is -0.492 e. The fraction of sp³-hybridized carbons (Fsp3) is 0.500. The zero-order valence-corrected chi connectivity index (χ0v) is 14.6. The van der Waals surface area contributed by atoms with Gasteiger partial charge in [0.2, 0.25) is 11.8 Å². The molecule has 0 aromatic heterocycles. The summed E-state index contributed by atoms with van der Waals surface area (Å²) in [5, 5.41) is 9.08. The number of carboxylic acid groups (broad SMARTS) is 1. The average Bonchev–Trinajstić information content (AvgIpc) is 3.03. The predicted octanol–water partition coefficient (Wildman–Crippen LogP) is 0.750. The third kappa shape index (κ3) is 3.65. The van der Waals surface area contributed by atoms with Crippen molar-refractivity contribution in [1.82, 2.24) is 4.90 Å². The van der Waals surface area contributed by atoms with Gasteiger partial charge in [0.25, 0.3) is 0 Å². The van der Waals surface area contributed by atoms with E-state index < -0.39 is 18.0 Å². The van der Waals surface area contributed by atoms with Crippen LogP contribution in [0.3, 0.4) is 0 Å². The number of anilines is 1. The zero-order valence-electron chi connectivity index (χ0n) is 14.6. The number of hydrogen-bond donors (Lipinski definition) is 1. The molecular formula is C18H22N2O6. The van der Waals surface area contributed by atoms with Gasteiger partial charge in [-0.2, -0.15) is 0 Å². The zero-order chi connectivity index (χ0) is 18.7. The largest absolute Gasteiger partial charge is 0.492 e. The van der Waals surface area contributed by atoms with Crippen molar-refractivity contribution in [3.05, 3.63) is 24.3 Å². The van der Waals surface area contributed by atoms with Crippen LogP contribution in [0.2, 0.25) is 0 Å². The molecule has 0 radical (unpaired) electrons. The van der Waals surface area contributed by atoms with E-state index >= 15 is 0 Å². The maximum Gasteiger partial charge on any atom is 0.334 e. The molecule has 1 aromatic rings. The molecule has 2 amide bonds. The van der Waals surface area contributed by atoms with Crippen molar-refractivity contribution in [3.63, 3.8) is 0 Å². The highest BCUT2D eigenvalue weighted by atomic mass is 16.5. The number of rotatable bonds is 5. The molecular weight excluding hydrogens is 340 g/mol. The maximum absolute atomic E-state index is 12.8. The summed E-state index contributed by atoms with van der Waals surface area (Å²) in [6.45, 7) is 3.13. The number of carbonyl (C=O) groups excluding carboxylic acids is 2. The quantitative estimate of drug-likeness (QED) is 0.830. The topological polar surface area (TPSA) is 96.4 Å². The van der Waals surface area contributed by atoms with Crippen LogP contribution in [0.5, 0.6) is 5.75 Å². The van der Waals surface area contributed by atoms with Crippen LogP contribution in [0, 0.1) is 5.92 Å². The monoisotopic (exact) mass is 362 g/mol. The number of benzene rings is 1. The van der Waals surface area contributed by atoms with E-state index in [0.717, 1.165) is 0 Å². The summed E-state index contributed by atoms with van der Waals surface area (Å²) in [7, 11) is 0. The van der Waals surface area contributed by atoms with E-state index in [2.05, 4.69) is 0 Å². The molecule has 8 heteroatoms. The van der Waals surface area contributed by atoms with Crippen molar-refractivity contribution in [3.8, 4) is 5.75 Å². The van der Waals surface area contributed by atoms with Crippen molar-refractivity contribution in [2.75, 3.05) is 37.7 Å². The first kappa shape index (κ1) is 18.2. The lowest BCUT2D eigenvalue weighted by atomic mass is 10.1. The molecule has 8 nitrogen and oxygen atoms in total. The van der Waals surface area contributed by atoms with E-state index in [4.69, 9.17) is 14.6 Å². The summed E-state index contributed by atoms with van der Waals surface area (Å²) in [5.74, 6) is -1.32. The molecule has 2 fully saturated rings. The molecule has 0 unspecified atom stereocenters. The van der Waals surface area contributed by atoms with Gasteiger partial charge in [0.15, 0.2) is 6.10 Å². The highest BCUT2D eigenvalue weighted by Crippen LogP contribution is 2.33. The van der Waals surface area contributed by atoms with E-state index in [-0.39, 0.29) is 37.9 Å². The molecule has 2 aliphatic heterocycles. The molecule has 2 heterocycles. The minimum atomic E-state index is -1.09. The van der Waals surface area contributed by atoms with E-state index in [1.807, 2.05) is 19.1 Å². The van der Waals surface area contributed by atoms with E-state index in [0.29, 0.717) is 24.6 Å². The average molecular weight is 362 g/mol. The number of morpholine rings is 1. The number of carbonyl (C=O) groups is 3. The molecule has 0 aliphatic carbocycles. The molecule has 0 saturated carbocycles. The lowest BCUT2D eigenvalue weighted by Crippen LogP contribution is -2.50. The highest BCUT2D eigenvalue weighted by Gasteiger charge is 2.40. The van der Waals surface area contributed by atoms with Gasteiger partial charge in [-0.05, 0) is 19.1 Å². The smallest absolute Gasteiger partial charge is 0.334 e. The van der Waals surface area contributed by atoms with Gasteiger partial charge in [-0.1, -0.05) is 12.1 Å². The van der Waals surface area contributed by atoms with Crippen LogP contribution >= 0.6 is 0 Å². The summed E-state index contributed by atoms with van der Waals surface area (Å²) in [4.78, 5) is 39.4. The molecule has 0 bridgehead atoms. The Bertz CT molecular complexity index is 707. The second-order valence-corrected chi connectivity index (χ2v) is 6.29. The maximum atomic E-state index is 12.8. The molecule has 1 N–H and O–H groups in total. The first-order chi connectivity index (χ1) is 12.5. The number of aliphatic carboxylic acids is 1. The van der Waals surface area contributed by atoms with Crippen molar-refractivity contribution >= 4 is 23.5 Å². The Balaban J connectivity index is 1.71. The third-order valence-electron chi connectivity index (χ3n) is 4.58. The molecule has 26 heavy (non-hydrogen) atoms. The van der Waals surface area contributed by atoms with Gasteiger partial charge in [-0.25, -0.2) is 4.79 Å². The Hall–Kier alpha value is -2.61. The summed E-state index contributed by atoms with van der Waals surface area (Å²) < 4.78 is 10.7. The summed E-state index contributed by atoms with van der Waals surface area (Å²) >= 11 is 0. The Kier molecular flexibility index (Phi) is 5.41. The summed E-state index contributed by atoms with van der Waals surface area (Å²) in [5.41, 5.74) is 0.653. The summed E-state index contributed by atoms with van der Waals surface area (Å²) in [6, 6.07) is 7.24. The Morgan fingerprint density at radius 2 is 2.08 bits per heavy atom. The molecule has 2 atom stereocenters. The van der Waals surface area contributed by atoms with Gasteiger partial charge in [0, 0.05) is 19.5 Å². The predicted molar refractivity (Wildman–Crippen MR) is 92.0 cm³/mol. The van der Waals surface area contributed by atoms with Gasteiger partial charge >= 0.3 is 5.97 Å². The minimum absolute atomic E-state index is 0.00832. The lowest BCUT2D eigenvalue weighted by molar-refractivity contribution is -0.160. The fourth-order valence-electron chi connectivity index (χ4n) is 3.32. The van der Waals surface area contributed by atoms with Gasteiger partial charge in [-0.15, -0.1) is 0 Å². The second-order valence-electron chi connectivity index (χ2n) is 6.29. The molecule has 1 aromatic carbocycles. The Labute approximate surface area is 151 Å². The molecule has 2 aliphatic rings. The van der Waals surface area contributed by atoms with Crippen LogP contribution in [-0.2, 0) is 19.1 Å². The van der Waals surface area contributed by atoms with Crippen LogP contribution in [-0.4, -0.2) is 66.7 Å². The standard InChI is InChI=1S/C18H22N2O6/c1-2-25-14-6-4-3-5-13(14)20-10-12(9-16(20)21)17(22)19-7-8-26-15(11-19)18(23)24/h3-6,12,15H,2,7-11H2,1H3,(H,23,24)/t12-,15-/m1/s1. The highest BCUT2D eigenvalue weighted by molar-refractivity contribution is 6.01. The van der Waals surface area contributed by atoms with Crippen LogP contribution in [0.25, 0.3) is 0 Å². The van der Waals surface area contributed by atoms with Crippen LogP contribution in [0.15, 0.2) is 24.3 Å². The van der Waals surface area contributed by atoms with Gasteiger partial charge < -0.3 is 24.4 Å². The molecule has 2 saturated heterocycles. The second kappa shape index (κ2) is 7.74. The van der Waals surface area contributed by atoms with E-state index in [1.165, 1.54) is 4.90 Å². The molecule has 3 rings (SSSR count).